The quantitative estimate of drug-likeness (QED) is 0.743. The fourth-order valence-electron chi connectivity index (χ4n) is 1.53. The largest absolute Gasteiger partial charge is 0.289 e. The number of rotatable bonds is 2. The maximum atomic E-state index is 12.1. The number of nitrogens with zero attached hydrogens (tertiary/aromatic N) is 1. The van der Waals surface area contributed by atoms with Gasteiger partial charge in [0.25, 0.3) is 0 Å². The van der Waals surface area contributed by atoms with E-state index in [4.69, 9.17) is 11.6 Å². The first-order valence-electron chi connectivity index (χ1n) is 4.89. The molecule has 0 aliphatic rings. The van der Waals surface area contributed by atoms with Crippen molar-refractivity contribution >= 4 is 17.4 Å². The lowest BCUT2D eigenvalue weighted by Crippen LogP contribution is -2.01. The molecule has 16 heavy (non-hydrogen) atoms. The molecule has 0 aliphatic carbocycles. The molecule has 0 amide bonds. The van der Waals surface area contributed by atoms with E-state index in [2.05, 4.69) is 4.98 Å². The van der Waals surface area contributed by atoms with Gasteiger partial charge in [-0.05, 0) is 42.8 Å². The van der Waals surface area contributed by atoms with Crippen LogP contribution < -0.4 is 0 Å². The Morgan fingerprint density at radius 2 is 2.06 bits per heavy atom. The highest BCUT2D eigenvalue weighted by Crippen LogP contribution is 2.17. The second-order valence-electron chi connectivity index (χ2n) is 3.59. The van der Waals surface area contributed by atoms with Crippen molar-refractivity contribution in [2.24, 2.45) is 0 Å². The average molecular weight is 232 g/mol. The Kier molecular flexibility index (Phi) is 3.02. The minimum atomic E-state index is -0.0568. The zero-order valence-electron chi connectivity index (χ0n) is 8.77. The zero-order chi connectivity index (χ0) is 11.5. The monoisotopic (exact) mass is 231 g/mol. The standard InChI is InChI=1S/C13H10ClNO/c1-9-5-11(7-12(14)6-9)13(16)10-3-2-4-15-8-10/h2-8H,1H3. The Labute approximate surface area is 98.9 Å². The Balaban J connectivity index is 2.42. The molecular formula is C13H10ClNO. The molecule has 2 aromatic rings. The summed E-state index contributed by atoms with van der Waals surface area (Å²) in [5.41, 5.74) is 2.14. The fraction of sp³-hybridized carbons (Fsp3) is 0.0769. The third-order valence-corrected chi connectivity index (χ3v) is 2.45. The highest BCUT2D eigenvalue weighted by atomic mass is 35.5. The normalized spacial score (nSPS) is 10.1. The number of hydrogen-bond acceptors (Lipinski definition) is 2. The lowest BCUT2D eigenvalue weighted by atomic mass is 10.0. The van der Waals surface area contributed by atoms with E-state index in [0.29, 0.717) is 16.1 Å². The third kappa shape index (κ3) is 2.28. The number of halogens is 1. The van der Waals surface area contributed by atoms with Crippen molar-refractivity contribution in [3.8, 4) is 0 Å². The summed E-state index contributed by atoms with van der Waals surface area (Å²) in [6, 6.07) is 8.79. The van der Waals surface area contributed by atoms with Crippen LogP contribution in [0.5, 0.6) is 0 Å². The van der Waals surface area contributed by atoms with Gasteiger partial charge in [-0.15, -0.1) is 0 Å². The van der Waals surface area contributed by atoms with Crippen molar-refractivity contribution in [1.82, 2.24) is 4.98 Å². The van der Waals surface area contributed by atoms with Crippen LogP contribution >= 0.6 is 11.6 Å². The molecule has 1 aromatic carbocycles. The molecule has 0 saturated carbocycles. The van der Waals surface area contributed by atoms with Crippen LogP contribution in [0.2, 0.25) is 5.02 Å². The van der Waals surface area contributed by atoms with E-state index in [-0.39, 0.29) is 5.78 Å². The molecule has 0 aliphatic heterocycles. The zero-order valence-corrected chi connectivity index (χ0v) is 9.53. The van der Waals surface area contributed by atoms with Crippen molar-refractivity contribution in [3.63, 3.8) is 0 Å². The topological polar surface area (TPSA) is 30.0 Å². The van der Waals surface area contributed by atoms with Crippen LogP contribution in [0, 0.1) is 6.92 Å². The summed E-state index contributed by atoms with van der Waals surface area (Å²) in [6.45, 7) is 1.91. The third-order valence-electron chi connectivity index (χ3n) is 2.23. The van der Waals surface area contributed by atoms with Gasteiger partial charge in [0.15, 0.2) is 5.78 Å². The molecule has 0 atom stereocenters. The van der Waals surface area contributed by atoms with E-state index in [1.807, 2.05) is 19.1 Å². The Hall–Kier alpha value is -1.67. The van der Waals surface area contributed by atoms with Gasteiger partial charge in [0.05, 0.1) is 0 Å². The number of benzene rings is 1. The molecule has 1 aromatic heterocycles. The first-order chi connectivity index (χ1) is 7.66. The number of carbonyl (C=O) groups is 1. The summed E-state index contributed by atoms with van der Waals surface area (Å²) in [4.78, 5) is 16.0. The van der Waals surface area contributed by atoms with Crippen LogP contribution in [-0.2, 0) is 0 Å². The molecule has 3 heteroatoms. The number of ketones is 1. The molecular weight excluding hydrogens is 222 g/mol. The summed E-state index contributed by atoms with van der Waals surface area (Å²) in [5.74, 6) is -0.0568. The lowest BCUT2D eigenvalue weighted by Gasteiger charge is -2.02. The van der Waals surface area contributed by atoms with Crippen LogP contribution in [0.15, 0.2) is 42.7 Å². The highest BCUT2D eigenvalue weighted by molar-refractivity contribution is 6.31. The van der Waals surface area contributed by atoms with Gasteiger partial charge in [-0.1, -0.05) is 11.6 Å². The van der Waals surface area contributed by atoms with Gasteiger partial charge >= 0.3 is 0 Å². The number of pyridine rings is 1. The van der Waals surface area contributed by atoms with Crippen molar-refractivity contribution in [2.75, 3.05) is 0 Å². The van der Waals surface area contributed by atoms with Crippen molar-refractivity contribution in [2.45, 2.75) is 6.92 Å². The lowest BCUT2D eigenvalue weighted by molar-refractivity contribution is 0.103. The molecule has 2 nitrogen and oxygen atoms in total. The van der Waals surface area contributed by atoms with Crippen LogP contribution in [0.1, 0.15) is 21.5 Å². The summed E-state index contributed by atoms with van der Waals surface area (Å²) >= 11 is 5.91. The maximum Gasteiger partial charge on any atom is 0.194 e. The summed E-state index contributed by atoms with van der Waals surface area (Å²) in [6.07, 6.45) is 3.19. The molecule has 80 valence electrons. The van der Waals surface area contributed by atoms with Crippen LogP contribution in [-0.4, -0.2) is 10.8 Å². The Bertz CT molecular complexity index is 502. The molecule has 0 N–H and O–H groups in total. The molecule has 2 rings (SSSR count). The minimum absolute atomic E-state index is 0.0568. The van der Waals surface area contributed by atoms with E-state index in [0.717, 1.165) is 5.56 Å². The Morgan fingerprint density at radius 3 is 2.69 bits per heavy atom. The second kappa shape index (κ2) is 4.45. The molecule has 0 saturated heterocycles. The number of carbonyl (C=O) groups excluding carboxylic acids is 1. The first-order valence-corrected chi connectivity index (χ1v) is 5.26. The predicted molar refractivity (Wildman–Crippen MR) is 63.9 cm³/mol. The van der Waals surface area contributed by atoms with Gasteiger partial charge in [0.1, 0.15) is 0 Å². The molecule has 0 fully saturated rings. The van der Waals surface area contributed by atoms with Gasteiger partial charge in [-0.3, -0.25) is 9.78 Å². The van der Waals surface area contributed by atoms with Crippen molar-refractivity contribution in [1.29, 1.82) is 0 Å². The molecule has 0 radical (unpaired) electrons. The van der Waals surface area contributed by atoms with Crippen molar-refractivity contribution < 1.29 is 4.79 Å². The molecule has 1 heterocycles. The number of aryl methyl sites for hydroxylation is 1. The maximum absolute atomic E-state index is 12.1. The molecule has 0 spiro atoms. The van der Waals surface area contributed by atoms with E-state index in [1.54, 1.807) is 30.6 Å². The Morgan fingerprint density at radius 1 is 1.25 bits per heavy atom. The van der Waals surface area contributed by atoms with Gasteiger partial charge in [0, 0.05) is 28.5 Å². The summed E-state index contributed by atoms with van der Waals surface area (Å²) in [5, 5.41) is 0.576. The van der Waals surface area contributed by atoms with E-state index < -0.39 is 0 Å². The SMILES string of the molecule is Cc1cc(Cl)cc(C(=O)c2cccnc2)c1. The van der Waals surface area contributed by atoms with Crippen LogP contribution in [0.3, 0.4) is 0 Å². The number of aromatic nitrogens is 1. The fourth-order valence-corrected chi connectivity index (χ4v) is 1.82. The van der Waals surface area contributed by atoms with Crippen molar-refractivity contribution in [3.05, 3.63) is 64.4 Å². The van der Waals surface area contributed by atoms with E-state index >= 15 is 0 Å². The summed E-state index contributed by atoms with van der Waals surface area (Å²) in [7, 11) is 0. The van der Waals surface area contributed by atoms with Crippen LogP contribution in [0.4, 0.5) is 0 Å². The number of hydrogen-bond donors (Lipinski definition) is 0. The highest BCUT2D eigenvalue weighted by Gasteiger charge is 2.09. The van der Waals surface area contributed by atoms with E-state index in [9.17, 15) is 4.79 Å². The van der Waals surface area contributed by atoms with E-state index in [1.165, 1.54) is 0 Å². The smallest absolute Gasteiger partial charge is 0.194 e. The van der Waals surface area contributed by atoms with Gasteiger partial charge in [-0.2, -0.15) is 0 Å². The molecule has 0 bridgehead atoms. The van der Waals surface area contributed by atoms with Crippen LogP contribution in [0.25, 0.3) is 0 Å². The van der Waals surface area contributed by atoms with Gasteiger partial charge in [0.2, 0.25) is 0 Å². The van der Waals surface area contributed by atoms with Gasteiger partial charge < -0.3 is 0 Å². The predicted octanol–water partition coefficient (Wildman–Crippen LogP) is 3.27. The summed E-state index contributed by atoms with van der Waals surface area (Å²) < 4.78 is 0. The second-order valence-corrected chi connectivity index (χ2v) is 4.02. The van der Waals surface area contributed by atoms with Gasteiger partial charge in [-0.25, -0.2) is 0 Å². The minimum Gasteiger partial charge on any atom is -0.289 e. The molecule has 0 unspecified atom stereocenters. The first kappa shape index (κ1) is 10.8. The average Bonchev–Trinajstić information content (AvgIpc) is 2.28.